The molecule has 3 nitrogen and oxygen atoms in total. The van der Waals surface area contributed by atoms with Crippen LogP contribution in [0.5, 0.6) is 0 Å². The van der Waals surface area contributed by atoms with Crippen LogP contribution in [0.3, 0.4) is 0 Å². The summed E-state index contributed by atoms with van der Waals surface area (Å²) in [7, 11) is -0.669. The van der Waals surface area contributed by atoms with Crippen LogP contribution in [0.25, 0.3) is 0 Å². The van der Waals surface area contributed by atoms with Crippen LogP contribution in [0.1, 0.15) is 39.0 Å². The first-order valence-corrected chi connectivity index (χ1v) is 7.47. The molecule has 3 saturated heterocycles. The highest BCUT2D eigenvalue weighted by molar-refractivity contribution is 7.86. The van der Waals surface area contributed by atoms with E-state index in [0.29, 0.717) is 0 Å². The molecule has 0 aromatic carbocycles. The largest absolute Gasteiger partial charge is 0.390 e. The summed E-state index contributed by atoms with van der Waals surface area (Å²) in [5.74, 6) is 0. The van der Waals surface area contributed by atoms with Crippen LogP contribution in [-0.4, -0.2) is 38.6 Å². The molecule has 0 spiro atoms. The smallest absolute Gasteiger partial charge is 0.0677 e. The van der Waals surface area contributed by atoms with Crippen LogP contribution in [-0.2, 0) is 15.5 Å². The van der Waals surface area contributed by atoms with Gasteiger partial charge in [-0.1, -0.05) is 6.92 Å². The Labute approximate surface area is 99.0 Å². The minimum Gasteiger partial charge on any atom is -0.390 e. The van der Waals surface area contributed by atoms with Gasteiger partial charge in [0.15, 0.2) is 0 Å². The molecule has 0 aromatic rings. The molecule has 1 N–H and O–H groups in total. The molecule has 0 amide bonds. The van der Waals surface area contributed by atoms with Gasteiger partial charge in [-0.2, -0.15) is 0 Å². The zero-order valence-corrected chi connectivity index (χ0v) is 10.6. The summed E-state index contributed by atoms with van der Waals surface area (Å²) in [6, 6.07) is 0. The lowest BCUT2D eigenvalue weighted by Crippen LogP contribution is -2.51. The van der Waals surface area contributed by atoms with E-state index >= 15 is 0 Å². The molecule has 3 heterocycles. The van der Waals surface area contributed by atoms with Crippen molar-refractivity contribution in [2.24, 2.45) is 5.41 Å². The molecule has 2 unspecified atom stereocenters. The highest BCUT2D eigenvalue weighted by Gasteiger charge is 2.51. The minimum absolute atomic E-state index is 0.160. The molecule has 2 atom stereocenters. The second kappa shape index (κ2) is 3.53. The predicted octanol–water partition coefficient (Wildman–Crippen LogP) is 1.22. The normalized spacial score (nSPS) is 50.0. The van der Waals surface area contributed by atoms with Gasteiger partial charge < -0.3 is 9.84 Å². The Morgan fingerprint density at radius 2 is 1.88 bits per heavy atom. The molecule has 3 fully saturated rings. The van der Waals surface area contributed by atoms with Gasteiger partial charge in [-0.3, -0.25) is 4.21 Å². The average molecular weight is 244 g/mol. The molecule has 0 aliphatic carbocycles. The van der Waals surface area contributed by atoms with E-state index in [0.717, 1.165) is 45.3 Å². The van der Waals surface area contributed by atoms with Crippen LogP contribution in [0, 0.1) is 5.41 Å². The third kappa shape index (κ3) is 1.75. The number of hydrogen-bond acceptors (Lipinski definition) is 3. The molecule has 2 bridgehead atoms. The van der Waals surface area contributed by atoms with Crippen molar-refractivity contribution in [3.63, 3.8) is 0 Å². The zero-order chi connectivity index (χ0) is 11.4. The van der Waals surface area contributed by atoms with E-state index in [4.69, 9.17) is 4.74 Å². The maximum atomic E-state index is 11.9. The summed E-state index contributed by atoms with van der Waals surface area (Å²) in [6.45, 7) is 3.73. The highest BCUT2D eigenvalue weighted by atomic mass is 32.2. The quantitative estimate of drug-likeness (QED) is 0.794. The molecular formula is C12H20O3S. The predicted molar refractivity (Wildman–Crippen MR) is 62.7 cm³/mol. The Morgan fingerprint density at radius 3 is 2.31 bits per heavy atom. The lowest BCUT2D eigenvalue weighted by atomic mass is 9.74. The fourth-order valence-corrected chi connectivity index (χ4v) is 5.90. The van der Waals surface area contributed by atoms with Crippen molar-refractivity contribution >= 4 is 10.8 Å². The van der Waals surface area contributed by atoms with E-state index in [1.807, 2.05) is 0 Å². The third-order valence-electron chi connectivity index (χ3n) is 4.34. The summed E-state index contributed by atoms with van der Waals surface area (Å²) in [5, 5.41) is 11.2. The highest BCUT2D eigenvalue weighted by Crippen LogP contribution is 2.47. The molecule has 92 valence electrons. The average Bonchev–Trinajstić information content (AvgIpc) is 2.41. The minimum atomic E-state index is -0.669. The Morgan fingerprint density at radius 1 is 1.31 bits per heavy atom. The Kier molecular flexibility index (Phi) is 2.47. The van der Waals surface area contributed by atoms with Crippen molar-refractivity contribution in [2.75, 3.05) is 13.2 Å². The Balaban J connectivity index is 1.72. The van der Waals surface area contributed by atoms with Gasteiger partial charge in [-0.05, 0) is 32.1 Å². The lowest BCUT2D eigenvalue weighted by Gasteiger charge is -2.46. The number of rotatable bonds is 2. The molecular weight excluding hydrogens is 224 g/mol. The maximum absolute atomic E-state index is 11.9. The van der Waals surface area contributed by atoms with E-state index in [9.17, 15) is 9.32 Å². The third-order valence-corrected chi connectivity index (χ3v) is 6.46. The summed E-state index contributed by atoms with van der Waals surface area (Å²) < 4.78 is 17.1. The number of fused-ring (bicyclic) bond motifs is 2. The van der Waals surface area contributed by atoms with Crippen LogP contribution in [0.2, 0.25) is 0 Å². The molecule has 4 heteroatoms. The molecule has 0 radical (unpaired) electrons. The molecule has 3 aliphatic rings. The van der Waals surface area contributed by atoms with Gasteiger partial charge in [0.2, 0.25) is 0 Å². The summed E-state index contributed by atoms with van der Waals surface area (Å²) in [6.07, 6.45) is 4.40. The van der Waals surface area contributed by atoms with Gasteiger partial charge in [-0.25, -0.2) is 0 Å². The van der Waals surface area contributed by atoms with E-state index in [2.05, 4.69) is 6.92 Å². The van der Waals surface area contributed by atoms with Crippen molar-refractivity contribution in [2.45, 2.75) is 55.1 Å². The first-order valence-electron chi connectivity index (χ1n) is 6.19. The standard InChI is InChI=1S/C12H20O3S/c1-11(7-15-8-11)6-12(13)4-9-2-3-10(5-12)16(9)14/h9-10,13H,2-8H2,1H3. The van der Waals surface area contributed by atoms with Gasteiger partial charge in [0.1, 0.15) is 0 Å². The van der Waals surface area contributed by atoms with E-state index in [1.54, 1.807) is 0 Å². The van der Waals surface area contributed by atoms with E-state index < -0.39 is 16.4 Å². The zero-order valence-electron chi connectivity index (χ0n) is 9.78. The van der Waals surface area contributed by atoms with E-state index in [1.165, 1.54) is 0 Å². The second-order valence-electron chi connectivity index (χ2n) is 6.26. The Bertz CT molecular complexity index is 308. The Hall–Kier alpha value is 0.0700. The van der Waals surface area contributed by atoms with Crippen molar-refractivity contribution in [3.8, 4) is 0 Å². The van der Waals surface area contributed by atoms with Crippen molar-refractivity contribution < 1.29 is 14.1 Å². The molecule has 16 heavy (non-hydrogen) atoms. The monoisotopic (exact) mass is 244 g/mol. The van der Waals surface area contributed by atoms with Gasteiger partial charge in [0, 0.05) is 26.7 Å². The van der Waals surface area contributed by atoms with Gasteiger partial charge in [0.05, 0.1) is 18.8 Å². The van der Waals surface area contributed by atoms with E-state index in [-0.39, 0.29) is 15.9 Å². The van der Waals surface area contributed by atoms with Crippen LogP contribution >= 0.6 is 0 Å². The van der Waals surface area contributed by atoms with Crippen LogP contribution < -0.4 is 0 Å². The number of ether oxygens (including phenoxy) is 1. The maximum Gasteiger partial charge on any atom is 0.0677 e. The van der Waals surface area contributed by atoms with Gasteiger partial charge >= 0.3 is 0 Å². The van der Waals surface area contributed by atoms with Crippen LogP contribution in [0.4, 0.5) is 0 Å². The van der Waals surface area contributed by atoms with Gasteiger partial charge in [-0.15, -0.1) is 0 Å². The SMILES string of the molecule is CC1(CC2(O)CC3CCC(C2)S3=O)COC1. The van der Waals surface area contributed by atoms with Crippen LogP contribution in [0.15, 0.2) is 0 Å². The fraction of sp³-hybridized carbons (Fsp3) is 1.00. The van der Waals surface area contributed by atoms with Crippen molar-refractivity contribution in [3.05, 3.63) is 0 Å². The molecule has 3 rings (SSSR count). The molecule has 0 saturated carbocycles. The molecule has 0 aromatic heterocycles. The first-order chi connectivity index (χ1) is 7.50. The van der Waals surface area contributed by atoms with Crippen molar-refractivity contribution in [1.82, 2.24) is 0 Å². The summed E-state index contributed by atoms with van der Waals surface area (Å²) >= 11 is 0. The fourth-order valence-electron chi connectivity index (χ4n) is 3.67. The van der Waals surface area contributed by atoms with Gasteiger partial charge in [0.25, 0.3) is 0 Å². The summed E-state index contributed by atoms with van der Waals surface area (Å²) in [5.41, 5.74) is -0.411. The topological polar surface area (TPSA) is 46.5 Å². The lowest BCUT2D eigenvalue weighted by molar-refractivity contribution is -0.144. The first kappa shape index (κ1) is 11.2. The molecule has 3 aliphatic heterocycles. The second-order valence-corrected chi connectivity index (χ2v) is 8.25. The summed E-state index contributed by atoms with van der Waals surface area (Å²) in [4.78, 5) is 0. The van der Waals surface area contributed by atoms with Crippen molar-refractivity contribution in [1.29, 1.82) is 0 Å². The number of aliphatic hydroxyl groups is 1. The number of hydrogen-bond donors (Lipinski definition) is 1.